The van der Waals surface area contributed by atoms with Gasteiger partial charge in [-0.15, -0.1) is 0 Å². The molecule has 1 N–H and O–H groups in total. The first-order chi connectivity index (χ1) is 34.6. The molecule has 6 aromatic carbocycles. The molecule has 0 radical (unpaired) electrons. The second-order valence-electron chi connectivity index (χ2n) is 17.1. The molecule has 2 aliphatic heterocycles. The maximum atomic E-state index is 14.2. The molecule has 15 heteroatoms. The van der Waals surface area contributed by atoms with Crippen LogP contribution in [-0.2, 0) is 80.4 Å². The Morgan fingerprint density at radius 3 is 1.35 bits per heavy atom. The molecular formula is C56H56Cl3NO11. The van der Waals surface area contributed by atoms with Gasteiger partial charge >= 0.3 is 5.97 Å². The Morgan fingerprint density at radius 2 is 0.887 bits per heavy atom. The molecule has 0 spiro atoms. The van der Waals surface area contributed by atoms with Crippen molar-refractivity contribution in [2.24, 2.45) is 0 Å². The number of hydrogen-bond acceptors (Lipinski definition) is 12. The number of hydrogen-bond donors (Lipinski definition) is 1. The molecule has 12 nitrogen and oxygen atoms in total. The third-order valence-electron chi connectivity index (χ3n) is 11.9. The highest BCUT2D eigenvalue weighted by Crippen LogP contribution is 2.38. The first-order valence-corrected chi connectivity index (χ1v) is 24.5. The SMILES string of the molecule is C[C@@H]1OC(OC(=N)C(Cl)(Cl)Cl)[C@H](OC(=O)c2ccccc2)[C@H](O[C@H]2O[C@H](COCc3ccccc3)[C@@H](OCc3ccccc3)[C@H](OCc3ccccc3)[C@H]2OCc2ccccc2)[C@H]1OCc1ccccc1. The fraction of sp³-hybridized carbons (Fsp3) is 0.321. The highest BCUT2D eigenvalue weighted by atomic mass is 35.6. The Bertz CT molecular complexity index is 2510. The zero-order valence-electron chi connectivity index (χ0n) is 39.0. The third-order valence-corrected chi connectivity index (χ3v) is 12.4. The van der Waals surface area contributed by atoms with E-state index in [2.05, 4.69) is 0 Å². The second kappa shape index (κ2) is 26.0. The average Bonchev–Trinajstić information content (AvgIpc) is 3.39. The van der Waals surface area contributed by atoms with Gasteiger partial charge in [-0.25, -0.2) is 4.79 Å². The van der Waals surface area contributed by atoms with Crippen molar-refractivity contribution in [2.45, 2.75) is 105 Å². The summed E-state index contributed by atoms with van der Waals surface area (Å²) in [4.78, 5) is 14.2. The predicted octanol–water partition coefficient (Wildman–Crippen LogP) is 11.0. The van der Waals surface area contributed by atoms with Crippen LogP contribution in [0.2, 0.25) is 0 Å². The molecule has 2 aliphatic rings. The van der Waals surface area contributed by atoms with Gasteiger partial charge in [0.2, 0.25) is 12.2 Å². The molecule has 0 aromatic heterocycles. The van der Waals surface area contributed by atoms with E-state index in [1.54, 1.807) is 37.3 Å². The zero-order valence-corrected chi connectivity index (χ0v) is 41.2. The van der Waals surface area contributed by atoms with Gasteiger partial charge in [0.15, 0.2) is 12.4 Å². The molecule has 10 atom stereocenters. The predicted molar refractivity (Wildman–Crippen MR) is 269 cm³/mol. The van der Waals surface area contributed by atoms with Crippen molar-refractivity contribution in [1.82, 2.24) is 0 Å². The smallest absolute Gasteiger partial charge is 0.338 e. The van der Waals surface area contributed by atoms with Crippen LogP contribution in [0.4, 0.5) is 0 Å². The lowest BCUT2D eigenvalue weighted by Crippen LogP contribution is -2.66. The van der Waals surface area contributed by atoms with E-state index in [9.17, 15) is 4.79 Å². The second-order valence-corrected chi connectivity index (χ2v) is 19.4. The first kappa shape index (κ1) is 52.1. The van der Waals surface area contributed by atoms with Crippen molar-refractivity contribution in [3.05, 3.63) is 215 Å². The lowest BCUT2D eigenvalue weighted by atomic mass is 9.96. The Labute approximate surface area is 429 Å². The van der Waals surface area contributed by atoms with E-state index in [0.29, 0.717) is 0 Å². The van der Waals surface area contributed by atoms with E-state index in [1.807, 2.05) is 152 Å². The molecule has 2 heterocycles. The van der Waals surface area contributed by atoms with Crippen LogP contribution in [0.25, 0.3) is 0 Å². The summed E-state index contributed by atoms with van der Waals surface area (Å²) in [6, 6.07) is 57.1. The van der Waals surface area contributed by atoms with Crippen molar-refractivity contribution in [3.63, 3.8) is 0 Å². The zero-order chi connectivity index (χ0) is 49.4. The number of halogens is 3. The van der Waals surface area contributed by atoms with Crippen molar-refractivity contribution < 1.29 is 52.2 Å². The van der Waals surface area contributed by atoms with Crippen LogP contribution in [0.3, 0.4) is 0 Å². The molecule has 372 valence electrons. The number of esters is 1. The number of ether oxygens (including phenoxy) is 10. The van der Waals surface area contributed by atoms with E-state index in [1.165, 1.54) is 0 Å². The summed E-state index contributed by atoms with van der Waals surface area (Å²) < 4.78 is 64.8. The number of alkyl halides is 3. The maximum absolute atomic E-state index is 14.2. The molecule has 8 rings (SSSR count). The summed E-state index contributed by atoms with van der Waals surface area (Å²) in [5.41, 5.74) is 4.76. The van der Waals surface area contributed by atoms with Crippen LogP contribution >= 0.6 is 34.8 Å². The lowest BCUT2D eigenvalue weighted by Gasteiger charge is -2.49. The molecule has 0 aliphatic carbocycles. The third kappa shape index (κ3) is 14.9. The Balaban J connectivity index is 1.22. The number of benzene rings is 6. The van der Waals surface area contributed by atoms with Gasteiger partial charge in [0, 0.05) is 0 Å². The summed E-state index contributed by atoms with van der Waals surface area (Å²) >= 11 is 18.6. The normalized spacial score (nSPS) is 24.5. The minimum atomic E-state index is -2.30. The van der Waals surface area contributed by atoms with Crippen LogP contribution in [0.1, 0.15) is 45.1 Å². The van der Waals surface area contributed by atoms with Crippen molar-refractivity contribution in [1.29, 1.82) is 5.41 Å². The van der Waals surface area contributed by atoms with Gasteiger partial charge in [0.25, 0.3) is 3.79 Å². The highest BCUT2D eigenvalue weighted by molar-refractivity contribution is 6.76. The summed E-state index contributed by atoms with van der Waals surface area (Å²) in [5.74, 6) is -1.52. The highest BCUT2D eigenvalue weighted by Gasteiger charge is 2.56. The van der Waals surface area contributed by atoms with E-state index < -0.39 is 77.1 Å². The fourth-order valence-electron chi connectivity index (χ4n) is 8.31. The average molecular weight is 1030 g/mol. The Hall–Kier alpha value is -5.19. The van der Waals surface area contributed by atoms with Crippen LogP contribution in [0.15, 0.2) is 182 Å². The quantitative estimate of drug-likeness (QED) is 0.0320. The number of rotatable bonds is 21. The molecular weight excluding hydrogens is 969 g/mol. The van der Waals surface area contributed by atoms with Gasteiger partial charge in [-0.3, -0.25) is 5.41 Å². The fourth-order valence-corrected chi connectivity index (χ4v) is 8.44. The van der Waals surface area contributed by atoms with E-state index >= 15 is 0 Å². The molecule has 0 bridgehead atoms. The standard InChI is InChI=1S/C56H56Cl3NO11/c1-38-46(63-33-40-22-10-3-11-23-40)49(51(54(67-38)71-55(60)56(57,58)59)69-52(61)44-30-18-7-19-31-44)70-53-50(66-36-43-28-16-6-17-29-43)48(65-35-42-26-14-5-15-27-42)47(64-34-41-24-12-4-13-25-41)45(68-53)37-62-32-39-20-8-2-9-21-39/h2-31,38,45-51,53-54,60H,32-37H2,1H3/t38-,45+,46-,47+,48-,49+,50+,51+,53+,54?/m0/s1. The first-order valence-electron chi connectivity index (χ1n) is 23.4. The van der Waals surface area contributed by atoms with Crippen molar-refractivity contribution in [3.8, 4) is 0 Å². The van der Waals surface area contributed by atoms with Crippen LogP contribution in [-0.4, -0.2) is 83.7 Å². The van der Waals surface area contributed by atoms with Gasteiger partial charge in [0.1, 0.15) is 36.6 Å². The van der Waals surface area contributed by atoms with E-state index in [0.717, 1.165) is 27.8 Å². The Morgan fingerprint density at radius 1 is 0.479 bits per heavy atom. The van der Waals surface area contributed by atoms with E-state index in [4.69, 9.17) is 87.6 Å². The summed E-state index contributed by atoms with van der Waals surface area (Å²) in [5, 5.41) is 8.63. The minimum Gasteiger partial charge on any atom is -0.449 e. The summed E-state index contributed by atoms with van der Waals surface area (Å²) in [7, 11) is 0. The van der Waals surface area contributed by atoms with Gasteiger partial charge < -0.3 is 47.4 Å². The Kier molecular flexibility index (Phi) is 19.1. The maximum Gasteiger partial charge on any atom is 0.338 e. The largest absolute Gasteiger partial charge is 0.449 e. The molecule has 2 saturated heterocycles. The van der Waals surface area contributed by atoms with Crippen molar-refractivity contribution in [2.75, 3.05) is 6.61 Å². The summed E-state index contributed by atoms with van der Waals surface area (Å²) in [6.45, 7) is 2.70. The lowest BCUT2D eigenvalue weighted by molar-refractivity contribution is -0.367. The number of carbonyl (C=O) groups excluding carboxylic acids is 1. The van der Waals surface area contributed by atoms with Crippen LogP contribution < -0.4 is 0 Å². The van der Waals surface area contributed by atoms with Gasteiger partial charge in [-0.2, -0.15) is 0 Å². The molecule has 71 heavy (non-hydrogen) atoms. The molecule has 1 unspecified atom stereocenters. The molecule has 0 amide bonds. The van der Waals surface area contributed by atoms with Crippen LogP contribution in [0.5, 0.6) is 0 Å². The molecule has 2 fully saturated rings. The molecule has 0 saturated carbocycles. The van der Waals surface area contributed by atoms with Gasteiger partial charge in [-0.1, -0.05) is 205 Å². The van der Waals surface area contributed by atoms with E-state index in [-0.39, 0.29) is 45.2 Å². The molecule has 6 aromatic rings. The minimum absolute atomic E-state index is 0.0432. The summed E-state index contributed by atoms with van der Waals surface area (Å²) in [6.07, 6.45) is -10.9. The monoisotopic (exact) mass is 1020 g/mol. The van der Waals surface area contributed by atoms with Gasteiger partial charge in [0.05, 0.1) is 51.3 Å². The topological polar surface area (TPSA) is 133 Å². The number of nitrogens with one attached hydrogen (secondary N) is 1. The van der Waals surface area contributed by atoms with Gasteiger partial charge in [-0.05, 0) is 46.9 Å². The van der Waals surface area contributed by atoms with Crippen LogP contribution in [0, 0.1) is 5.41 Å². The van der Waals surface area contributed by atoms with Crippen molar-refractivity contribution >= 4 is 46.7 Å². The number of carbonyl (C=O) groups is 1.